The van der Waals surface area contributed by atoms with Crippen LogP contribution in [0.4, 0.5) is 4.39 Å². The number of benzene rings is 3. The molecule has 3 aromatic carbocycles. The molecule has 0 saturated carbocycles. The molecule has 0 aromatic heterocycles. The molecule has 1 nitrogen and oxygen atoms in total. The lowest BCUT2D eigenvalue weighted by atomic mass is 9.97. The number of rotatable bonds is 2. The molecule has 0 amide bonds. The summed E-state index contributed by atoms with van der Waals surface area (Å²) in [5, 5.41) is 2.35. The number of hydrogen-bond acceptors (Lipinski definition) is 1. The van der Waals surface area contributed by atoms with E-state index in [9.17, 15) is 4.39 Å². The summed E-state index contributed by atoms with van der Waals surface area (Å²) in [4.78, 5) is 0. The summed E-state index contributed by atoms with van der Waals surface area (Å²) in [6.45, 7) is 0.213. The van der Waals surface area contributed by atoms with Crippen molar-refractivity contribution >= 4 is 10.8 Å². The molecule has 2 heteroatoms. The molecule has 19 heavy (non-hydrogen) atoms. The van der Waals surface area contributed by atoms with Gasteiger partial charge in [0.1, 0.15) is 5.82 Å². The Kier molecular flexibility index (Phi) is 3.02. The van der Waals surface area contributed by atoms with Crippen molar-refractivity contribution in [3.63, 3.8) is 0 Å². The summed E-state index contributed by atoms with van der Waals surface area (Å²) in [6.07, 6.45) is 0. The Morgan fingerprint density at radius 3 is 2.53 bits per heavy atom. The minimum absolute atomic E-state index is 0.213. The van der Waals surface area contributed by atoms with Gasteiger partial charge in [0.2, 0.25) is 0 Å². The van der Waals surface area contributed by atoms with Crippen molar-refractivity contribution in [3.05, 3.63) is 72.0 Å². The van der Waals surface area contributed by atoms with E-state index in [2.05, 4.69) is 24.3 Å². The van der Waals surface area contributed by atoms with E-state index < -0.39 is 0 Å². The number of nitrogens with two attached hydrogens (primary N) is 1. The number of fused-ring (bicyclic) bond motifs is 1. The van der Waals surface area contributed by atoms with Gasteiger partial charge >= 0.3 is 0 Å². The largest absolute Gasteiger partial charge is 0.326 e. The highest BCUT2D eigenvalue weighted by Gasteiger charge is 2.06. The van der Waals surface area contributed by atoms with Gasteiger partial charge in [-0.05, 0) is 34.0 Å². The van der Waals surface area contributed by atoms with E-state index in [0.29, 0.717) is 5.56 Å². The van der Waals surface area contributed by atoms with Crippen molar-refractivity contribution in [1.29, 1.82) is 0 Å². The Morgan fingerprint density at radius 1 is 0.895 bits per heavy atom. The molecular weight excluding hydrogens is 237 g/mol. The molecule has 0 aliphatic heterocycles. The minimum atomic E-state index is -0.244. The Hall–Kier alpha value is -2.19. The molecule has 0 heterocycles. The average molecular weight is 251 g/mol. The van der Waals surface area contributed by atoms with Gasteiger partial charge in [0.25, 0.3) is 0 Å². The second-order valence-corrected chi connectivity index (χ2v) is 4.54. The highest BCUT2D eigenvalue weighted by molar-refractivity contribution is 5.96. The number of hydrogen-bond donors (Lipinski definition) is 1. The third kappa shape index (κ3) is 2.11. The molecule has 0 radical (unpaired) electrons. The average Bonchev–Trinajstić information content (AvgIpc) is 2.47. The lowest BCUT2D eigenvalue weighted by Crippen LogP contribution is -1.99. The quantitative estimate of drug-likeness (QED) is 0.729. The van der Waals surface area contributed by atoms with Crippen molar-refractivity contribution < 1.29 is 4.39 Å². The van der Waals surface area contributed by atoms with E-state index in [1.54, 1.807) is 6.07 Å². The summed E-state index contributed by atoms with van der Waals surface area (Å²) in [5.74, 6) is -0.244. The fraction of sp³-hybridized carbons (Fsp3) is 0.0588. The summed E-state index contributed by atoms with van der Waals surface area (Å²) < 4.78 is 13.5. The van der Waals surface area contributed by atoms with Crippen LogP contribution in [-0.4, -0.2) is 0 Å². The van der Waals surface area contributed by atoms with Crippen LogP contribution in [0.5, 0.6) is 0 Å². The van der Waals surface area contributed by atoms with E-state index >= 15 is 0 Å². The molecule has 0 atom stereocenters. The van der Waals surface area contributed by atoms with Gasteiger partial charge in [-0.25, -0.2) is 4.39 Å². The molecule has 3 rings (SSSR count). The first kappa shape index (κ1) is 11.9. The van der Waals surface area contributed by atoms with Gasteiger partial charge in [0, 0.05) is 12.1 Å². The van der Waals surface area contributed by atoms with Crippen LogP contribution in [0.3, 0.4) is 0 Å². The third-order valence-electron chi connectivity index (χ3n) is 3.37. The molecule has 0 bridgehead atoms. The van der Waals surface area contributed by atoms with E-state index in [1.165, 1.54) is 16.8 Å². The smallest absolute Gasteiger partial charge is 0.127 e. The zero-order valence-electron chi connectivity index (χ0n) is 10.4. The summed E-state index contributed by atoms with van der Waals surface area (Å²) in [7, 11) is 0. The van der Waals surface area contributed by atoms with Gasteiger partial charge in [-0.3, -0.25) is 0 Å². The molecule has 0 spiro atoms. The molecular formula is C17H14FN. The minimum Gasteiger partial charge on any atom is -0.326 e. The topological polar surface area (TPSA) is 26.0 Å². The highest BCUT2D eigenvalue weighted by atomic mass is 19.1. The fourth-order valence-electron chi connectivity index (χ4n) is 2.38. The van der Waals surface area contributed by atoms with E-state index in [4.69, 9.17) is 5.73 Å². The van der Waals surface area contributed by atoms with Crippen LogP contribution in [-0.2, 0) is 6.54 Å². The molecule has 2 N–H and O–H groups in total. The standard InChI is InChI=1S/C17H14FN/c18-17-9-8-13(10-14(17)11-19)16-7-3-5-12-4-1-2-6-15(12)16/h1-10H,11,19H2. The van der Waals surface area contributed by atoms with Gasteiger partial charge in [0.15, 0.2) is 0 Å². The van der Waals surface area contributed by atoms with Crippen LogP contribution >= 0.6 is 0 Å². The van der Waals surface area contributed by atoms with Gasteiger partial charge in [-0.15, -0.1) is 0 Å². The normalized spacial score (nSPS) is 10.8. The van der Waals surface area contributed by atoms with Gasteiger partial charge < -0.3 is 5.73 Å². The predicted molar refractivity (Wildman–Crippen MR) is 77.2 cm³/mol. The van der Waals surface area contributed by atoms with E-state index in [-0.39, 0.29) is 12.4 Å². The SMILES string of the molecule is NCc1cc(-c2cccc3ccccc23)ccc1F. The summed E-state index contributed by atoms with van der Waals surface area (Å²) in [6, 6.07) is 19.4. The van der Waals surface area contributed by atoms with E-state index in [1.807, 2.05) is 24.3 Å². The number of halogens is 1. The lowest BCUT2D eigenvalue weighted by molar-refractivity contribution is 0.611. The molecule has 0 unspecified atom stereocenters. The Morgan fingerprint density at radius 2 is 1.68 bits per heavy atom. The lowest BCUT2D eigenvalue weighted by Gasteiger charge is -2.09. The maximum atomic E-state index is 13.5. The zero-order valence-corrected chi connectivity index (χ0v) is 10.4. The first-order valence-corrected chi connectivity index (χ1v) is 6.26. The first-order valence-electron chi connectivity index (χ1n) is 6.26. The molecule has 3 aromatic rings. The second kappa shape index (κ2) is 4.82. The van der Waals surface area contributed by atoms with Gasteiger partial charge in [-0.1, -0.05) is 48.5 Å². The monoisotopic (exact) mass is 251 g/mol. The zero-order chi connectivity index (χ0) is 13.2. The van der Waals surface area contributed by atoms with Crippen LogP contribution in [0.15, 0.2) is 60.7 Å². The molecule has 0 saturated heterocycles. The van der Waals surface area contributed by atoms with Crippen LogP contribution in [0.25, 0.3) is 21.9 Å². The van der Waals surface area contributed by atoms with Crippen LogP contribution < -0.4 is 5.73 Å². The molecule has 0 aliphatic carbocycles. The van der Waals surface area contributed by atoms with Gasteiger partial charge in [-0.2, -0.15) is 0 Å². The Labute approximate surface area is 111 Å². The van der Waals surface area contributed by atoms with Crippen LogP contribution in [0.2, 0.25) is 0 Å². The van der Waals surface area contributed by atoms with Crippen LogP contribution in [0.1, 0.15) is 5.56 Å². The fourth-order valence-corrected chi connectivity index (χ4v) is 2.38. The molecule has 0 aliphatic rings. The van der Waals surface area contributed by atoms with Crippen molar-refractivity contribution in [3.8, 4) is 11.1 Å². The summed E-state index contributed by atoms with van der Waals surface area (Å²) in [5.41, 5.74) is 8.22. The van der Waals surface area contributed by atoms with Crippen LogP contribution in [0, 0.1) is 5.82 Å². The second-order valence-electron chi connectivity index (χ2n) is 4.54. The molecule has 94 valence electrons. The third-order valence-corrected chi connectivity index (χ3v) is 3.37. The summed E-state index contributed by atoms with van der Waals surface area (Å²) >= 11 is 0. The molecule has 0 fully saturated rings. The van der Waals surface area contributed by atoms with Crippen molar-refractivity contribution in [1.82, 2.24) is 0 Å². The Balaban J connectivity index is 2.24. The predicted octanol–water partition coefficient (Wildman–Crippen LogP) is 4.10. The van der Waals surface area contributed by atoms with Gasteiger partial charge in [0.05, 0.1) is 0 Å². The Bertz CT molecular complexity index is 729. The van der Waals surface area contributed by atoms with E-state index in [0.717, 1.165) is 11.1 Å². The first-order chi connectivity index (χ1) is 9.29. The maximum absolute atomic E-state index is 13.5. The highest BCUT2D eigenvalue weighted by Crippen LogP contribution is 2.29. The van der Waals surface area contributed by atoms with Crippen molar-refractivity contribution in [2.45, 2.75) is 6.54 Å². The van der Waals surface area contributed by atoms with Crippen molar-refractivity contribution in [2.75, 3.05) is 0 Å². The maximum Gasteiger partial charge on any atom is 0.127 e. The van der Waals surface area contributed by atoms with Crippen molar-refractivity contribution in [2.24, 2.45) is 5.73 Å².